The van der Waals surface area contributed by atoms with Crippen molar-refractivity contribution in [3.8, 4) is 0 Å². The minimum absolute atomic E-state index is 0.414. The Morgan fingerprint density at radius 2 is 1.75 bits per heavy atom. The molecule has 0 amide bonds. The van der Waals surface area contributed by atoms with Crippen LogP contribution in [-0.2, 0) is 4.74 Å². The first-order valence-electron chi connectivity index (χ1n) is 7.05. The zero-order valence-electron chi connectivity index (χ0n) is 11.4. The van der Waals surface area contributed by atoms with Gasteiger partial charge in [-0.05, 0) is 19.8 Å². The molecule has 2 heteroatoms. The number of nitrogens with zero attached hydrogens (tertiary/aromatic N) is 1. The Morgan fingerprint density at radius 1 is 1.06 bits per heavy atom. The van der Waals surface area contributed by atoms with Crippen LogP contribution >= 0.6 is 0 Å². The van der Waals surface area contributed by atoms with Crippen LogP contribution in [0.3, 0.4) is 0 Å². The second-order valence-corrected chi connectivity index (χ2v) is 5.26. The van der Waals surface area contributed by atoms with E-state index in [0.29, 0.717) is 5.54 Å². The van der Waals surface area contributed by atoms with Crippen LogP contribution in [0.4, 0.5) is 0 Å². The fourth-order valence-electron chi connectivity index (χ4n) is 2.59. The molecule has 0 N–H and O–H groups in total. The number of unbranched alkanes of at least 4 members (excludes halogenated alkanes) is 3. The Kier molecular flexibility index (Phi) is 6.37. The SMILES string of the molecule is CCCCCCC(C)(CC)N1CCOCC1. The molecular formula is C14H29NO. The molecular weight excluding hydrogens is 198 g/mol. The van der Waals surface area contributed by atoms with Crippen molar-refractivity contribution in [1.82, 2.24) is 4.90 Å². The van der Waals surface area contributed by atoms with Crippen molar-refractivity contribution >= 4 is 0 Å². The van der Waals surface area contributed by atoms with Crippen LogP contribution in [0.25, 0.3) is 0 Å². The van der Waals surface area contributed by atoms with Gasteiger partial charge in [0.15, 0.2) is 0 Å². The van der Waals surface area contributed by atoms with E-state index in [-0.39, 0.29) is 0 Å². The summed E-state index contributed by atoms with van der Waals surface area (Å²) in [4.78, 5) is 2.64. The predicted octanol–water partition coefficient (Wildman–Crippen LogP) is 3.46. The second-order valence-electron chi connectivity index (χ2n) is 5.26. The maximum atomic E-state index is 5.44. The molecule has 2 nitrogen and oxygen atoms in total. The van der Waals surface area contributed by atoms with Crippen LogP contribution in [-0.4, -0.2) is 36.7 Å². The van der Waals surface area contributed by atoms with Crippen LogP contribution in [0, 0.1) is 0 Å². The predicted molar refractivity (Wildman–Crippen MR) is 69.8 cm³/mol. The van der Waals surface area contributed by atoms with Gasteiger partial charge in [0.1, 0.15) is 0 Å². The molecule has 1 unspecified atom stereocenters. The summed E-state index contributed by atoms with van der Waals surface area (Å²) in [6.45, 7) is 11.1. The molecule has 0 aliphatic carbocycles. The van der Waals surface area contributed by atoms with Gasteiger partial charge in [-0.25, -0.2) is 0 Å². The Hall–Kier alpha value is -0.0800. The minimum atomic E-state index is 0.414. The molecule has 1 atom stereocenters. The zero-order valence-corrected chi connectivity index (χ0v) is 11.4. The van der Waals surface area contributed by atoms with Crippen LogP contribution in [0.2, 0.25) is 0 Å². The van der Waals surface area contributed by atoms with E-state index in [1.165, 1.54) is 38.5 Å². The van der Waals surface area contributed by atoms with Crippen molar-refractivity contribution < 1.29 is 4.74 Å². The van der Waals surface area contributed by atoms with Crippen LogP contribution in [0.15, 0.2) is 0 Å². The highest BCUT2D eigenvalue weighted by atomic mass is 16.5. The van der Waals surface area contributed by atoms with E-state index in [1.807, 2.05) is 0 Å². The quantitative estimate of drug-likeness (QED) is 0.618. The van der Waals surface area contributed by atoms with Crippen LogP contribution < -0.4 is 0 Å². The lowest BCUT2D eigenvalue weighted by Crippen LogP contribution is -2.51. The smallest absolute Gasteiger partial charge is 0.0594 e. The maximum Gasteiger partial charge on any atom is 0.0594 e. The third-order valence-corrected chi connectivity index (χ3v) is 4.11. The number of morpholine rings is 1. The maximum absolute atomic E-state index is 5.44. The number of rotatable bonds is 7. The first-order chi connectivity index (χ1) is 7.73. The summed E-state index contributed by atoms with van der Waals surface area (Å²) < 4.78 is 5.44. The van der Waals surface area contributed by atoms with Gasteiger partial charge in [-0.1, -0.05) is 39.5 Å². The lowest BCUT2D eigenvalue weighted by molar-refractivity contribution is -0.0217. The fraction of sp³-hybridized carbons (Fsp3) is 1.00. The van der Waals surface area contributed by atoms with Gasteiger partial charge in [0, 0.05) is 18.6 Å². The molecule has 1 saturated heterocycles. The Labute approximate surface area is 101 Å². The highest BCUT2D eigenvalue weighted by Crippen LogP contribution is 2.27. The normalized spacial score (nSPS) is 21.9. The van der Waals surface area contributed by atoms with Crippen molar-refractivity contribution in [2.75, 3.05) is 26.3 Å². The second kappa shape index (κ2) is 7.29. The van der Waals surface area contributed by atoms with Crippen LogP contribution in [0.1, 0.15) is 59.3 Å². The van der Waals surface area contributed by atoms with Crippen LogP contribution in [0.5, 0.6) is 0 Å². The molecule has 0 bridgehead atoms. The molecule has 0 aromatic carbocycles. The van der Waals surface area contributed by atoms with Crippen molar-refractivity contribution in [2.24, 2.45) is 0 Å². The fourth-order valence-corrected chi connectivity index (χ4v) is 2.59. The molecule has 0 aromatic heterocycles. The molecule has 1 rings (SSSR count). The largest absolute Gasteiger partial charge is 0.379 e. The van der Waals surface area contributed by atoms with E-state index >= 15 is 0 Å². The summed E-state index contributed by atoms with van der Waals surface area (Å²) in [7, 11) is 0. The van der Waals surface area contributed by atoms with E-state index in [2.05, 4.69) is 25.7 Å². The molecule has 1 heterocycles. The number of hydrogen-bond acceptors (Lipinski definition) is 2. The Bertz CT molecular complexity index is 178. The van der Waals surface area contributed by atoms with E-state index in [1.54, 1.807) is 0 Å². The highest BCUT2D eigenvalue weighted by Gasteiger charge is 2.30. The summed E-state index contributed by atoms with van der Waals surface area (Å²) in [5, 5.41) is 0. The van der Waals surface area contributed by atoms with Gasteiger partial charge in [0.25, 0.3) is 0 Å². The van der Waals surface area contributed by atoms with Crippen molar-refractivity contribution in [2.45, 2.75) is 64.8 Å². The summed E-state index contributed by atoms with van der Waals surface area (Å²) in [6.07, 6.45) is 8.12. The van der Waals surface area contributed by atoms with Gasteiger partial charge >= 0.3 is 0 Å². The highest BCUT2D eigenvalue weighted by molar-refractivity contribution is 4.86. The molecule has 1 aliphatic rings. The van der Waals surface area contributed by atoms with Gasteiger partial charge in [0.05, 0.1) is 13.2 Å². The minimum Gasteiger partial charge on any atom is -0.379 e. The van der Waals surface area contributed by atoms with Crippen molar-refractivity contribution in [1.29, 1.82) is 0 Å². The zero-order chi connectivity index (χ0) is 11.9. The molecule has 16 heavy (non-hydrogen) atoms. The summed E-state index contributed by atoms with van der Waals surface area (Å²) >= 11 is 0. The monoisotopic (exact) mass is 227 g/mol. The van der Waals surface area contributed by atoms with Crippen molar-refractivity contribution in [3.05, 3.63) is 0 Å². The summed E-state index contributed by atoms with van der Waals surface area (Å²) in [5.74, 6) is 0. The van der Waals surface area contributed by atoms with E-state index in [0.717, 1.165) is 26.3 Å². The van der Waals surface area contributed by atoms with Crippen molar-refractivity contribution in [3.63, 3.8) is 0 Å². The molecule has 0 saturated carbocycles. The van der Waals surface area contributed by atoms with Gasteiger partial charge in [-0.2, -0.15) is 0 Å². The van der Waals surface area contributed by atoms with Gasteiger partial charge < -0.3 is 4.74 Å². The number of hydrogen-bond donors (Lipinski definition) is 0. The lowest BCUT2D eigenvalue weighted by Gasteiger charge is -2.43. The third kappa shape index (κ3) is 4.06. The average molecular weight is 227 g/mol. The molecule has 0 radical (unpaired) electrons. The number of ether oxygens (including phenoxy) is 1. The summed E-state index contributed by atoms with van der Waals surface area (Å²) in [5.41, 5.74) is 0.414. The molecule has 1 fully saturated rings. The topological polar surface area (TPSA) is 12.5 Å². The molecule has 96 valence electrons. The molecule has 0 aromatic rings. The summed E-state index contributed by atoms with van der Waals surface area (Å²) in [6, 6.07) is 0. The third-order valence-electron chi connectivity index (χ3n) is 4.11. The van der Waals surface area contributed by atoms with E-state index < -0.39 is 0 Å². The molecule has 1 aliphatic heterocycles. The Balaban J connectivity index is 2.35. The van der Waals surface area contributed by atoms with E-state index in [4.69, 9.17) is 4.74 Å². The Morgan fingerprint density at radius 3 is 2.31 bits per heavy atom. The lowest BCUT2D eigenvalue weighted by atomic mass is 9.89. The van der Waals surface area contributed by atoms with Gasteiger partial charge in [0.2, 0.25) is 0 Å². The molecule has 0 spiro atoms. The first-order valence-corrected chi connectivity index (χ1v) is 7.05. The average Bonchev–Trinajstić information content (AvgIpc) is 2.35. The van der Waals surface area contributed by atoms with E-state index in [9.17, 15) is 0 Å². The van der Waals surface area contributed by atoms with Gasteiger partial charge in [-0.15, -0.1) is 0 Å². The first kappa shape index (κ1) is 14.0. The standard InChI is InChI=1S/C14H29NO/c1-4-6-7-8-9-14(3,5-2)15-10-12-16-13-11-15/h4-13H2,1-3H3. The van der Waals surface area contributed by atoms with Gasteiger partial charge in [-0.3, -0.25) is 4.90 Å².